The molecule has 1 aliphatic rings. The Kier molecular flexibility index (Phi) is 5.37. The second-order valence-corrected chi connectivity index (χ2v) is 6.89. The van der Waals surface area contributed by atoms with Crippen LogP contribution >= 0.6 is 0 Å². The molecule has 6 heteroatoms. The minimum Gasteiger partial charge on any atom is -0.494 e. The van der Waals surface area contributed by atoms with Gasteiger partial charge in [-0.05, 0) is 56.2 Å². The number of nitrogens with zero attached hydrogens (tertiary/aromatic N) is 3. The van der Waals surface area contributed by atoms with E-state index in [1.165, 1.54) is 6.42 Å². The molecule has 6 nitrogen and oxygen atoms in total. The quantitative estimate of drug-likeness (QED) is 0.720. The number of fused-ring (bicyclic) bond motifs is 1. The van der Waals surface area contributed by atoms with Gasteiger partial charge in [-0.25, -0.2) is 0 Å². The van der Waals surface area contributed by atoms with E-state index in [1.54, 1.807) is 24.3 Å². The lowest BCUT2D eigenvalue weighted by atomic mass is 10.1. The molecule has 0 saturated carbocycles. The fourth-order valence-corrected chi connectivity index (χ4v) is 3.51. The van der Waals surface area contributed by atoms with E-state index in [4.69, 9.17) is 4.74 Å². The molecule has 0 radical (unpaired) electrons. The van der Waals surface area contributed by atoms with Crippen molar-refractivity contribution in [2.75, 3.05) is 11.9 Å². The molecule has 144 valence electrons. The van der Waals surface area contributed by atoms with Gasteiger partial charge in [0.1, 0.15) is 11.6 Å². The van der Waals surface area contributed by atoms with Gasteiger partial charge in [0.25, 0.3) is 5.91 Å². The Hall–Kier alpha value is -3.15. The van der Waals surface area contributed by atoms with Crippen LogP contribution in [0.4, 0.5) is 5.69 Å². The number of hydrogen-bond donors (Lipinski definition) is 1. The molecule has 1 amide bonds. The number of nitrogens with one attached hydrogen (secondary N) is 1. The number of carbonyl (C=O) groups excluding carboxylic acids is 1. The molecule has 0 saturated heterocycles. The largest absolute Gasteiger partial charge is 0.494 e. The van der Waals surface area contributed by atoms with E-state index >= 15 is 0 Å². The van der Waals surface area contributed by atoms with Gasteiger partial charge >= 0.3 is 0 Å². The first-order valence-electron chi connectivity index (χ1n) is 9.81. The Morgan fingerprint density at radius 2 is 1.96 bits per heavy atom. The van der Waals surface area contributed by atoms with E-state index in [0.29, 0.717) is 12.2 Å². The van der Waals surface area contributed by atoms with Crippen LogP contribution in [0, 0.1) is 0 Å². The lowest BCUT2D eigenvalue weighted by Gasteiger charge is -2.10. The van der Waals surface area contributed by atoms with Gasteiger partial charge in [0.05, 0.1) is 6.61 Å². The molecule has 0 unspecified atom stereocenters. The summed E-state index contributed by atoms with van der Waals surface area (Å²) in [5.41, 5.74) is 2.29. The minimum absolute atomic E-state index is 0.153. The summed E-state index contributed by atoms with van der Waals surface area (Å²) in [6.45, 7) is 3.48. The summed E-state index contributed by atoms with van der Waals surface area (Å²) in [7, 11) is 0. The summed E-state index contributed by atoms with van der Waals surface area (Å²) in [6, 6.07) is 14.9. The molecule has 2 aromatic carbocycles. The van der Waals surface area contributed by atoms with Crippen LogP contribution in [0.2, 0.25) is 0 Å². The molecule has 0 spiro atoms. The van der Waals surface area contributed by atoms with Crippen LogP contribution in [0.15, 0.2) is 48.5 Å². The van der Waals surface area contributed by atoms with E-state index in [2.05, 4.69) is 20.1 Å². The molecule has 0 atom stereocenters. The van der Waals surface area contributed by atoms with Crippen LogP contribution in [-0.4, -0.2) is 27.3 Å². The van der Waals surface area contributed by atoms with Crippen molar-refractivity contribution in [3.05, 3.63) is 59.9 Å². The number of aryl methyl sites for hydroxylation is 1. The zero-order valence-electron chi connectivity index (χ0n) is 16.0. The number of rotatable bonds is 5. The highest BCUT2D eigenvalue weighted by molar-refractivity contribution is 6.04. The van der Waals surface area contributed by atoms with E-state index in [1.807, 2.05) is 31.2 Å². The Bertz CT molecular complexity index is 963. The second kappa shape index (κ2) is 8.25. The topological polar surface area (TPSA) is 69.0 Å². The summed E-state index contributed by atoms with van der Waals surface area (Å²) >= 11 is 0. The maximum atomic E-state index is 12.6. The number of aromatic nitrogens is 3. The first-order chi connectivity index (χ1) is 13.7. The lowest BCUT2D eigenvalue weighted by molar-refractivity contribution is 0.102. The highest BCUT2D eigenvalue weighted by Gasteiger charge is 2.16. The summed E-state index contributed by atoms with van der Waals surface area (Å²) in [5, 5.41) is 11.7. The molecular weight excluding hydrogens is 352 g/mol. The van der Waals surface area contributed by atoms with Gasteiger partial charge in [-0.1, -0.05) is 18.6 Å². The van der Waals surface area contributed by atoms with Gasteiger partial charge in [0, 0.05) is 29.8 Å². The standard InChI is InChI=1S/C22H24N4O2/c1-2-28-19-12-10-16(11-13-19)22(27)23-18-8-6-7-17(15-18)21-25-24-20-9-4-3-5-14-26(20)21/h6-8,10-13,15H,2-5,9,14H2,1H3,(H,23,27). The smallest absolute Gasteiger partial charge is 0.255 e. The van der Waals surface area contributed by atoms with Crippen molar-refractivity contribution >= 4 is 11.6 Å². The minimum atomic E-state index is -0.153. The molecule has 1 N–H and O–H groups in total. The van der Waals surface area contributed by atoms with Crippen LogP contribution in [0.1, 0.15) is 42.4 Å². The van der Waals surface area contributed by atoms with Crippen molar-refractivity contribution in [2.45, 2.75) is 39.2 Å². The maximum absolute atomic E-state index is 12.6. The van der Waals surface area contributed by atoms with Gasteiger partial charge in [-0.3, -0.25) is 4.79 Å². The number of anilines is 1. The normalized spacial score (nSPS) is 13.5. The molecule has 28 heavy (non-hydrogen) atoms. The van der Waals surface area contributed by atoms with Gasteiger partial charge < -0.3 is 14.6 Å². The second-order valence-electron chi connectivity index (χ2n) is 6.89. The number of ether oxygens (including phenoxy) is 1. The molecule has 1 aliphatic heterocycles. The average molecular weight is 376 g/mol. The first-order valence-corrected chi connectivity index (χ1v) is 9.81. The van der Waals surface area contributed by atoms with E-state index in [-0.39, 0.29) is 5.91 Å². The first kappa shape index (κ1) is 18.2. The highest BCUT2D eigenvalue weighted by atomic mass is 16.5. The van der Waals surface area contributed by atoms with E-state index < -0.39 is 0 Å². The lowest BCUT2D eigenvalue weighted by Crippen LogP contribution is -2.12. The summed E-state index contributed by atoms with van der Waals surface area (Å²) in [6.07, 6.45) is 4.50. The molecule has 1 aromatic heterocycles. The third-order valence-corrected chi connectivity index (χ3v) is 4.92. The molecule has 2 heterocycles. The fourth-order valence-electron chi connectivity index (χ4n) is 3.51. The van der Waals surface area contributed by atoms with Gasteiger partial charge in [-0.15, -0.1) is 10.2 Å². The van der Waals surface area contributed by atoms with Crippen molar-refractivity contribution < 1.29 is 9.53 Å². The Morgan fingerprint density at radius 1 is 1.11 bits per heavy atom. The Morgan fingerprint density at radius 3 is 2.79 bits per heavy atom. The fraction of sp³-hybridized carbons (Fsp3) is 0.318. The molecule has 0 fully saturated rings. The third-order valence-electron chi connectivity index (χ3n) is 4.92. The predicted octanol–water partition coefficient (Wildman–Crippen LogP) is 4.32. The van der Waals surface area contributed by atoms with Crippen LogP contribution in [0.25, 0.3) is 11.4 Å². The predicted molar refractivity (Wildman–Crippen MR) is 109 cm³/mol. The van der Waals surface area contributed by atoms with Crippen molar-refractivity contribution in [3.63, 3.8) is 0 Å². The van der Waals surface area contributed by atoms with Crippen molar-refractivity contribution in [2.24, 2.45) is 0 Å². The number of benzene rings is 2. The van der Waals surface area contributed by atoms with E-state index in [9.17, 15) is 4.79 Å². The Balaban J connectivity index is 1.53. The van der Waals surface area contributed by atoms with Crippen LogP contribution < -0.4 is 10.1 Å². The highest BCUT2D eigenvalue weighted by Crippen LogP contribution is 2.25. The zero-order chi connectivity index (χ0) is 19.3. The third kappa shape index (κ3) is 3.91. The monoisotopic (exact) mass is 376 g/mol. The number of carbonyl (C=O) groups is 1. The summed E-state index contributed by atoms with van der Waals surface area (Å²) in [4.78, 5) is 12.6. The zero-order valence-corrected chi connectivity index (χ0v) is 16.0. The summed E-state index contributed by atoms with van der Waals surface area (Å²) in [5.74, 6) is 2.53. The molecule has 3 aromatic rings. The number of amides is 1. The molecule has 4 rings (SSSR count). The van der Waals surface area contributed by atoms with Gasteiger partial charge in [0.15, 0.2) is 5.82 Å². The van der Waals surface area contributed by atoms with Gasteiger partial charge in [-0.2, -0.15) is 0 Å². The van der Waals surface area contributed by atoms with Crippen molar-refractivity contribution in [3.8, 4) is 17.1 Å². The van der Waals surface area contributed by atoms with Crippen molar-refractivity contribution in [1.29, 1.82) is 0 Å². The number of hydrogen-bond acceptors (Lipinski definition) is 4. The van der Waals surface area contributed by atoms with Gasteiger partial charge in [0.2, 0.25) is 0 Å². The van der Waals surface area contributed by atoms with Crippen LogP contribution in [0.5, 0.6) is 5.75 Å². The molecular formula is C22H24N4O2. The van der Waals surface area contributed by atoms with Crippen molar-refractivity contribution in [1.82, 2.24) is 14.8 Å². The molecule has 0 bridgehead atoms. The maximum Gasteiger partial charge on any atom is 0.255 e. The SMILES string of the molecule is CCOc1ccc(C(=O)Nc2cccc(-c3nnc4n3CCCCC4)c2)cc1. The summed E-state index contributed by atoms with van der Waals surface area (Å²) < 4.78 is 7.63. The van der Waals surface area contributed by atoms with E-state index in [0.717, 1.165) is 54.5 Å². The van der Waals surface area contributed by atoms with Crippen LogP contribution in [-0.2, 0) is 13.0 Å². The average Bonchev–Trinajstić information content (AvgIpc) is 2.97. The molecule has 0 aliphatic carbocycles. The Labute approximate surface area is 164 Å². The van der Waals surface area contributed by atoms with Crippen LogP contribution in [0.3, 0.4) is 0 Å².